The molecule has 1 aliphatic rings. The van der Waals surface area contributed by atoms with Gasteiger partial charge in [-0.1, -0.05) is 30.3 Å². The second kappa shape index (κ2) is 11.5. The van der Waals surface area contributed by atoms with Crippen molar-refractivity contribution in [1.29, 1.82) is 5.41 Å². The SMILES string of the molecule is C[C@H](Nc1nc(Cl)nc(NC[C@H]2O[C@H](COCP(=O)(O)O)[C@@H](O)[C@H]2O)c1C=N)c1ccccc1. The average Bonchev–Trinajstić information content (AvgIpc) is 3.05. The van der Waals surface area contributed by atoms with Crippen LogP contribution in [-0.2, 0) is 14.0 Å². The molecule has 3 rings (SSSR count). The van der Waals surface area contributed by atoms with Crippen LogP contribution >= 0.6 is 19.2 Å². The molecule has 0 aliphatic carbocycles. The Kier molecular flexibility index (Phi) is 8.96. The van der Waals surface area contributed by atoms with E-state index >= 15 is 0 Å². The molecule has 0 spiro atoms. The maximum Gasteiger partial charge on any atom is 0.350 e. The highest BCUT2D eigenvalue weighted by molar-refractivity contribution is 7.51. The Morgan fingerprint density at radius 3 is 2.50 bits per heavy atom. The molecule has 2 aromatic rings. The Balaban J connectivity index is 1.67. The quantitative estimate of drug-likeness (QED) is 0.130. The molecular formula is C20H27ClN5O7P. The fourth-order valence-corrected chi connectivity index (χ4v) is 3.98. The van der Waals surface area contributed by atoms with Crippen LogP contribution in [0, 0.1) is 5.41 Å². The van der Waals surface area contributed by atoms with Crippen LogP contribution < -0.4 is 10.6 Å². The van der Waals surface area contributed by atoms with Gasteiger partial charge in [-0.15, -0.1) is 0 Å². The molecule has 7 N–H and O–H groups in total. The molecule has 1 aromatic carbocycles. The predicted molar refractivity (Wildman–Crippen MR) is 125 cm³/mol. The van der Waals surface area contributed by atoms with Crippen LogP contribution in [0.1, 0.15) is 24.1 Å². The fraction of sp³-hybridized carbons (Fsp3) is 0.450. The van der Waals surface area contributed by atoms with E-state index in [9.17, 15) is 14.8 Å². The summed E-state index contributed by atoms with van der Waals surface area (Å²) >= 11 is 6.09. The molecule has 1 saturated heterocycles. The minimum Gasteiger partial charge on any atom is -0.388 e. The standard InChI is InChI=1S/C20H27ClN5O7P/c1-11(12-5-3-2-4-6-12)24-19-13(7-22)18(25-20(21)26-19)23-8-14-16(27)17(28)15(33-14)9-32-10-34(29,30)31/h2-7,11,14-17,22,27-28H,8-10H2,1H3,(H2,29,30,31)(H2,23,24,25,26)/t11-,14+,15+,16-,17+/m0/s1. The fourth-order valence-electron chi connectivity index (χ4n) is 3.47. The number of hydrogen-bond donors (Lipinski definition) is 7. The summed E-state index contributed by atoms with van der Waals surface area (Å²) < 4.78 is 21.4. The van der Waals surface area contributed by atoms with E-state index in [0.29, 0.717) is 11.4 Å². The zero-order valence-corrected chi connectivity index (χ0v) is 19.9. The normalized spacial score (nSPS) is 23.5. The van der Waals surface area contributed by atoms with Gasteiger partial charge in [-0.05, 0) is 24.1 Å². The van der Waals surface area contributed by atoms with Crippen molar-refractivity contribution in [3.05, 3.63) is 46.7 Å². The molecule has 0 bridgehead atoms. The molecule has 0 saturated carbocycles. The zero-order chi connectivity index (χ0) is 24.9. The van der Waals surface area contributed by atoms with E-state index in [1.165, 1.54) is 0 Å². The van der Waals surface area contributed by atoms with Crippen LogP contribution in [0.3, 0.4) is 0 Å². The van der Waals surface area contributed by atoms with Gasteiger partial charge in [0.2, 0.25) is 5.28 Å². The Bertz CT molecular complexity index is 1030. The van der Waals surface area contributed by atoms with Gasteiger partial charge in [0.25, 0.3) is 0 Å². The van der Waals surface area contributed by atoms with Crippen LogP contribution in [0.15, 0.2) is 30.3 Å². The molecule has 14 heteroatoms. The zero-order valence-electron chi connectivity index (χ0n) is 18.2. The second-order valence-electron chi connectivity index (χ2n) is 7.76. The number of benzene rings is 1. The summed E-state index contributed by atoms with van der Waals surface area (Å²) in [5.74, 6) is 0.565. The highest BCUT2D eigenvalue weighted by atomic mass is 35.5. The van der Waals surface area contributed by atoms with E-state index in [4.69, 9.17) is 36.3 Å². The van der Waals surface area contributed by atoms with Crippen LogP contribution in [0.5, 0.6) is 0 Å². The van der Waals surface area contributed by atoms with Gasteiger partial charge in [0.1, 0.15) is 42.4 Å². The first kappa shape index (κ1) is 26.5. The van der Waals surface area contributed by atoms with E-state index in [0.717, 1.165) is 11.8 Å². The molecule has 34 heavy (non-hydrogen) atoms. The minimum atomic E-state index is -4.36. The molecule has 5 atom stereocenters. The van der Waals surface area contributed by atoms with E-state index in [2.05, 4.69) is 20.6 Å². The Labute approximate surface area is 201 Å². The average molecular weight is 516 g/mol. The third-order valence-electron chi connectivity index (χ3n) is 5.19. The lowest BCUT2D eigenvalue weighted by atomic mass is 10.1. The Morgan fingerprint density at radius 1 is 1.21 bits per heavy atom. The van der Waals surface area contributed by atoms with E-state index in [1.54, 1.807) is 0 Å². The van der Waals surface area contributed by atoms with Gasteiger partial charge in [-0.2, -0.15) is 9.97 Å². The van der Waals surface area contributed by atoms with Crippen LogP contribution in [0.2, 0.25) is 5.28 Å². The van der Waals surface area contributed by atoms with Crippen molar-refractivity contribution in [1.82, 2.24) is 9.97 Å². The van der Waals surface area contributed by atoms with E-state index in [1.807, 2.05) is 37.3 Å². The topological polar surface area (TPSA) is 190 Å². The van der Waals surface area contributed by atoms with Gasteiger partial charge >= 0.3 is 7.60 Å². The van der Waals surface area contributed by atoms with Crippen LogP contribution in [-0.4, -0.2) is 80.1 Å². The van der Waals surface area contributed by atoms with E-state index in [-0.39, 0.29) is 30.3 Å². The van der Waals surface area contributed by atoms with Gasteiger partial charge < -0.3 is 45.5 Å². The van der Waals surface area contributed by atoms with Crippen LogP contribution in [0.25, 0.3) is 0 Å². The highest BCUT2D eigenvalue weighted by Gasteiger charge is 2.42. The predicted octanol–water partition coefficient (Wildman–Crippen LogP) is 1.35. The Morgan fingerprint density at radius 2 is 1.85 bits per heavy atom. The summed E-state index contributed by atoms with van der Waals surface area (Å²) in [7, 11) is -4.36. The number of aromatic nitrogens is 2. The number of hydrogen-bond acceptors (Lipinski definition) is 10. The first-order valence-corrected chi connectivity index (χ1v) is 12.5. The highest BCUT2D eigenvalue weighted by Crippen LogP contribution is 2.34. The summed E-state index contributed by atoms with van der Waals surface area (Å²) in [6.07, 6.45) is -4.22. The third-order valence-corrected chi connectivity index (χ3v) is 5.88. The molecule has 1 fully saturated rings. The van der Waals surface area contributed by atoms with Gasteiger partial charge in [-0.3, -0.25) is 4.57 Å². The van der Waals surface area contributed by atoms with Crippen molar-refractivity contribution in [2.45, 2.75) is 37.4 Å². The second-order valence-corrected chi connectivity index (χ2v) is 9.69. The van der Waals surface area contributed by atoms with Gasteiger partial charge in [0.05, 0.1) is 12.2 Å². The third kappa shape index (κ3) is 6.94. The molecule has 0 amide bonds. The van der Waals surface area contributed by atoms with Crippen molar-refractivity contribution in [2.75, 3.05) is 30.1 Å². The van der Waals surface area contributed by atoms with Crippen molar-refractivity contribution in [2.24, 2.45) is 0 Å². The van der Waals surface area contributed by atoms with Crippen molar-refractivity contribution in [3.8, 4) is 0 Å². The maximum absolute atomic E-state index is 10.9. The van der Waals surface area contributed by atoms with Gasteiger partial charge in [0, 0.05) is 18.8 Å². The number of rotatable bonds is 11. The lowest BCUT2D eigenvalue weighted by Gasteiger charge is -2.20. The summed E-state index contributed by atoms with van der Waals surface area (Å²) in [5, 5.41) is 34.4. The summed E-state index contributed by atoms with van der Waals surface area (Å²) in [6.45, 7) is 1.62. The number of aliphatic hydroxyl groups is 2. The van der Waals surface area contributed by atoms with Crippen molar-refractivity contribution in [3.63, 3.8) is 0 Å². The van der Waals surface area contributed by atoms with Gasteiger partial charge in [-0.25, -0.2) is 0 Å². The number of halogens is 1. The summed E-state index contributed by atoms with van der Waals surface area (Å²) in [4.78, 5) is 26.0. The number of ether oxygens (including phenoxy) is 2. The first-order valence-electron chi connectivity index (χ1n) is 10.4. The molecule has 0 radical (unpaired) electrons. The first-order chi connectivity index (χ1) is 16.1. The monoisotopic (exact) mass is 515 g/mol. The largest absolute Gasteiger partial charge is 0.388 e. The molecule has 12 nitrogen and oxygen atoms in total. The summed E-state index contributed by atoms with van der Waals surface area (Å²) in [5.41, 5.74) is 1.34. The lowest BCUT2D eigenvalue weighted by Crippen LogP contribution is -2.36. The maximum atomic E-state index is 10.9. The van der Waals surface area contributed by atoms with Crippen molar-refractivity contribution >= 4 is 37.0 Å². The number of anilines is 2. The van der Waals surface area contributed by atoms with E-state index < -0.39 is 38.4 Å². The van der Waals surface area contributed by atoms with Crippen LogP contribution in [0.4, 0.5) is 11.6 Å². The lowest BCUT2D eigenvalue weighted by molar-refractivity contribution is -0.0354. The molecule has 186 valence electrons. The molecule has 2 heterocycles. The smallest absolute Gasteiger partial charge is 0.350 e. The number of nitrogens with zero attached hydrogens (tertiary/aromatic N) is 2. The number of nitrogens with one attached hydrogen (secondary N) is 3. The molecule has 1 aromatic heterocycles. The molecule has 0 unspecified atom stereocenters. The van der Waals surface area contributed by atoms with Gasteiger partial charge in [0.15, 0.2) is 0 Å². The summed E-state index contributed by atoms with van der Waals surface area (Å²) in [6, 6.07) is 9.51. The number of aliphatic hydroxyl groups excluding tert-OH is 2. The molecular weight excluding hydrogens is 489 g/mol. The molecule has 1 aliphatic heterocycles. The van der Waals surface area contributed by atoms with Crippen molar-refractivity contribution < 1.29 is 34.0 Å². The minimum absolute atomic E-state index is 0.00488. The Hall–Kier alpha value is -2.15.